The van der Waals surface area contributed by atoms with E-state index >= 15 is 0 Å². The zero-order chi connectivity index (χ0) is 14.7. The van der Waals surface area contributed by atoms with Gasteiger partial charge in [0.05, 0.1) is 0 Å². The van der Waals surface area contributed by atoms with Gasteiger partial charge in [0.25, 0.3) is 0 Å². The Bertz CT molecular complexity index is 643. The van der Waals surface area contributed by atoms with Crippen LogP contribution in [0.15, 0.2) is 36.4 Å². The van der Waals surface area contributed by atoms with Gasteiger partial charge in [0.2, 0.25) is 5.91 Å². The van der Waals surface area contributed by atoms with Crippen LogP contribution in [0.1, 0.15) is 37.3 Å². The number of aryl methyl sites for hydroxylation is 1. The third-order valence-corrected chi connectivity index (χ3v) is 4.59. The molecule has 2 aromatic rings. The largest absolute Gasteiger partial charge is 0.356 e. The first-order chi connectivity index (χ1) is 10.3. The number of benzene rings is 2. The fourth-order valence-electron chi connectivity index (χ4n) is 3.00. The average molecular weight is 281 g/mol. The van der Waals surface area contributed by atoms with E-state index in [2.05, 4.69) is 48.6 Å². The van der Waals surface area contributed by atoms with Crippen molar-refractivity contribution >= 4 is 16.7 Å². The molecule has 1 amide bonds. The van der Waals surface area contributed by atoms with Gasteiger partial charge in [-0.05, 0) is 47.6 Å². The van der Waals surface area contributed by atoms with E-state index in [9.17, 15) is 4.79 Å². The summed E-state index contributed by atoms with van der Waals surface area (Å²) in [4.78, 5) is 11.9. The normalized spacial score (nSPS) is 14.9. The van der Waals surface area contributed by atoms with E-state index in [1.165, 1.54) is 28.3 Å². The first kappa shape index (κ1) is 14.1. The van der Waals surface area contributed by atoms with Crippen LogP contribution in [0.2, 0.25) is 0 Å². The quantitative estimate of drug-likeness (QED) is 0.886. The minimum absolute atomic E-state index is 0.247. The van der Waals surface area contributed by atoms with E-state index < -0.39 is 0 Å². The first-order valence-corrected chi connectivity index (χ1v) is 8.06. The highest BCUT2D eigenvalue weighted by Crippen LogP contribution is 2.26. The first-order valence-electron chi connectivity index (χ1n) is 8.06. The number of rotatable bonds is 5. The van der Waals surface area contributed by atoms with Gasteiger partial charge >= 0.3 is 0 Å². The van der Waals surface area contributed by atoms with E-state index in [0.717, 1.165) is 32.2 Å². The van der Waals surface area contributed by atoms with Crippen molar-refractivity contribution in [1.29, 1.82) is 0 Å². The average Bonchev–Trinajstić information content (AvgIpc) is 2.45. The molecule has 1 aliphatic carbocycles. The van der Waals surface area contributed by atoms with E-state index in [0.29, 0.717) is 0 Å². The Kier molecular flexibility index (Phi) is 4.23. The summed E-state index contributed by atoms with van der Waals surface area (Å²) in [6.07, 6.45) is 5.31. The summed E-state index contributed by atoms with van der Waals surface area (Å²) in [5.74, 6) is 0.529. The Hall–Kier alpha value is -1.83. The van der Waals surface area contributed by atoms with Gasteiger partial charge in [0.15, 0.2) is 0 Å². The molecule has 0 unspecified atom stereocenters. The molecule has 1 N–H and O–H groups in total. The number of nitrogens with one attached hydrogen (secondary N) is 1. The third-order valence-electron chi connectivity index (χ3n) is 4.59. The smallest absolute Gasteiger partial charge is 0.223 e. The summed E-state index contributed by atoms with van der Waals surface area (Å²) in [7, 11) is 0. The Morgan fingerprint density at radius 2 is 2.05 bits per heavy atom. The van der Waals surface area contributed by atoms with Gasteiger partial charge in [0.1, 0.15) is 0 Å². The van der Waals surface area contributed by atoms with E-state index in [1.54, 1.807) is 0 Å². The standard InChI is InChI=1S/C19H23NO/c1-2-14-12-16-6-3-4-9-18(16)17(13-14)10-11-20-19(21)15-7-5-8-15/h3-4,6,9,12-13,15H,2,5,7-8,10-11H2,1H3,(H,20,21). The van der Waals surface area contributed by atoms with Crippen LogP contribution in [-0.2, 0) is 17.6 Å². The summed E-state index contributed by atoms with van der Waals surface area (Å²) in [6, 6.07) is 13.1. The van der Waals surface area contributed by atoms with E-state index in [1.807, 2.05) is 0 Å². The maximum Gasteiger partial charge on any atom is 0.223 e. The van der Waals surface area contributed by atoms with Crippen LogP contribution in [0.5, 0.6) is 0 Å². The van der Waals surface area contributed by atoms with Gasteiger partial charge in [-0.2, -0.15) is 0 Å². The predicted molar refractivity (Wildman–Crippen MR) is 87.4 cm³/mol. The zero-order valence-electron chi connectivity index (χ0n) is 12.7. The van der Waals surface area contributed by atoms with Crippen LogP contribution in [0, 0.1) is 5.92 Å². The van der Waals surface area contributed by atoms with Crippen molar-refractivity contribution in [3.63, 3.8) is 0 Å². The lowest BCUT2D eigenvalue weighted by Crippen LogP contribution is -2.35. The molecule has 1 fully saturated rings. The Morgan fingerprint density at radius 3 is 2.76 bits per heavy atom. The van der Waals surface area contributed by atoms with Crippen LogP contribution in [0.4, 0.5) is 0 Å². The molecule has 0 radical (unpaired) electrons. The molecule has 0 bridgehead atoms. The fraction of sp³-hybridized carbons (Fsp3) is 0.421. The van der Waals surface area contributed by atoms with Crippen LogP contribution in [0.25, 0.3) is 10.8 Å². The molecule has 0 spiro atoms. The molecule has 0 aromatic heterocycles. The van der Waals surface area contributed by atoms with Crippen molar-refractivity contribution in [3.8, 4) is 0 Å². The molecular formula is C19H23NO. The Morgan fingerprint density at radius 1 is 1.24 bits per heavy atom. The second-order valence-electron chi connectivity index (χ2n) is 6.00. The van der Waals surface area contributed by atoms with Crippen molar-refractivity contribution in [2.45, 2.75) is 39.0 Å². The minimum Gasteiger partial charge on any atom is -0.356 e. The second kappa shape index (κ2) is 6.30. The highest BCUT2D eigenvalue weighted by molar-refractivity contribution is 5.86. The van der Waals surface area contributed by atoms with Crippen molar-refractivity contribution in [2.24, 2.45) is 5.92 Å². The molecule has 2 nitrogen and oxygen atoms in total. The van der Waals surface area contributed by atoms with Crippen molar-refractivity contribution < 1.29 is 4.79 Å². The number of carbonyl (C=O) groups is 1. The molecule has 2 aromatic carbocycles. The number of carbonyl (C=O) groups excluding carboxylic acids is 1. The van der Waals surface area contributed by atoms with Crippen LogP contribution in [0.3, 0.4) is 0 Å². The van der Waals surface area contributed by atoms with Gasteiger partial charge in [-0.15, -0.1) is 0 Å². The van der Waals surface area contributed by atoms with Crippen LogP contribution in [-0.4, -0.2) is 12.5 Å². The summed E-state index contributed by atoms with van der Waals surface area (Å²) in [6.45, 7) is 2.93. The molecule has 0 saturated heterocycles. The predicted octanol–water partition coefficient (Wildman–Crippen LogP) is 3.86. The molecule has 0 heterocycles. The summed E-state index contributed by atoms with van der Waals surface area (Å²) < 4.78 is 0. The van der Waals surface area contributed by atoms with Gasteiger partial charge in [0, 0.05) is 12.5 Å². The molecule has 1 saturated carbocycles. The second-order valence-corrected chi connectivity index (χ2v) is 6.00. The number of amides is 1. The van der Waals surface area contributed by atoms with Crippen molar-refractivity contribution in [1.82, 2.24) is 5.32 Å². The molecule has 2 heteroatoms. The molecule has 0 aliphatic heterocycles. The van der Waals surface area contributed by atoms with Gasteiger partial charge in [-0.1, -0.05) is 49.7 Å². The SMILES string of the molecule is CCc1cc(CCNC(=O)C2CCC2)c2ccccc2c1. The van der Waals surface area contributed by atoms with Gasteiger partial charge in [-0.25, -0.2) is 0 Å². The minimum atomic E-state index is 0.247. The summed E-state index contributed by atoms with van der Waals surface area (Å²) >= 11 is 0. The third kappa shape index (κ3) is 3.10. The molecular weight excluding hydrogens is 258 g/mol. The maximum atomic E-state index is 11.9. The van der Waals surface area contributed by atoms with Crippen LogP contribution >= 0.6 is 0 Å². The number of hydrogen-bond donors (Lipinski definition) is 1. The van der Waals surface area contributed by atoms with E-state index in [-0.39, 0.29) is 11.8 Å². The number of hydrogen-bond acceptors (Lipinski definition) is 1. The van der Waals surface area contributed by atoms with Gasteiger partial charge in [-0.3, -0.25) is 4.79 Å². The zero-order valence-corrected chi connectivity index (χ0v) is 12.7. The molecule has 1 aliphatic rings. The van der Waals surface area contributed by atoms with Crippen molar-refractivity contribution in [3.05, 3.63) is 47.5 Å². The fourth-order valence-corrected chi connectivity index (χ4v) is 3.00. The summed E-state index contributed by atoms with van der Waals surface area (Å²) in [5, 5.41) is 5.71. The monoisotopic (exact) mass is 281 g/mol. The number of fused-ring (bicyclic) bond motifs is 1. The lowest BCUT2D eigenvalue weighted by molar-refractivity contribution is -0.127. The molecule has 0 atom stereocenters. The summed E-state index contributed by atoms with van der Waals surface area (Å²) in [5.41, 5.74) is 2.72. The topological polar surface area (TPSA) is 29.1 Å². The Balaban J connectivity index is 1.71. The van der Waals surface area contributed by atoms with Crippen LogP contribution < -0.4 is 5.32 Å². The van der Waals surface area contributed by atoms with Crippen molar-refractivity contribution in [2.75, 3.05) is 6.54 Å². The Labute approximate surface area is 126 Å². The van der Waals surface area contributed by atoms with Gasteiger partial charge < -0.3 is 5.32 Å². The lowest BCUT2D eigenvalue weighted by atomic mass is 9.85. The molecule has 3 rings (SSSR count). The molecule has 21 heavy (non-hydrogen) atoms. The molecule has 110 valence electrons. The highest BCUT2D eigenvalue weighted by atomic mass is 16.1. The van der Waals surface area contributed by atoms with E-state index in [4.69, 9.17) is 0 Å². The maximum absolute atomic E-state index is 11.9. The highest BCUT2D eigenvalue weighted by Gasteiger charge is 2.24. The lowest BCUT2D eigenvalue weighted by Gasteiger charge is -2.24.